The van der Waals surface area contributed by atoms with Crippen molar-refractivity contribution in [1.82, 2.24) is 41.7 Å². The molecule has 2 aromatic rings. The van der Waals surface area contributed by atoms with Crippen LogP contribution in [0.25, 0.3) is 0 Å². The molecular formula is C54H78N8O8S2. The highest BCUT2D eigenvalue weighted by Gasteiger charge is 2.57. The Morgan fingerprint density at radius 3 is 1.39 bits per heavy atom. The number of nitrogens with one attached hydrogen (secondary N) is 6. The van der Waals surface area contributed by atoms with Gasteiger partial charge in [0.1, 0.15) is 24.2 Å². The summed E-state index contributed by atoms with van der Waals surface area (Å²) in [5.41, 5.74) is 3.37. The number of benzene rings is 2. The first kappa shape index (κ1) is 54.1. The third kappa shape index (κ3) is 11.5. The predicted molar refractivity (Wildman–Crippen MR) is 281 cm³/mol. The molecule has 4 saturated heterocycles. The van der Waals surface area contributed by atoms with Gasteiger partial charge in [-0.25, -0.2) is 0 Å². The maximum Gasteiger partial charge on any atom is 0.246 e. The van der Waals surface area contributed by atoms with E-state index in [0.29, 0.717) is 63.2 Å². The number of rotatable bonds is 19. The van der Waals surface area contributed by atoms with Crippen LogP contribution < -0.4 is 31.9 Å². The van der Waals surface area contributed by atoms with Gasteiger partial charge in [0.15, 0.2) is 0 Å². The van der Waals surface area contributed by atoms with E-state index in [2.05, 4.69) is 83.9 Å². The molecule has 16 nitrogen and oxygen atoms in total. The van der Waals surface area contributed by atoms with Crippen LogP contribution in [0, 0.1) is 10.8 Å². The van der Waals surface area contributed by atoms with Crippen molar-refractivity contribution >= 4 is 59.0 Å². The van der Waals surface area contributed by atoms with Gasteiger partial charge >= 0.3 is 0 Å². The highest BCUT2D eigenvalue weighted by molar-refractivity contribution is 8.00. The Hall–Kier alpha value is -4.20. The second-order valence-corrected chi connectivity index (χ2v) is 24.6. The molecule has 4 fully saturated rings. The monoisotopic (exact) mass is 1030 g/mol. The third-order valence-corrected chi connectivity index (χ3v) is 18.5. The molecule has 0 aromatic heterocycles. The zero-order valence-corrected chi connectivity index (χ0v) is 45.1. The third-order valence-electron chi connectivity index (χ3n) is 16.0. The summed E-state index contributed by atoms with van der Waals surface area (Å²) < 4.78 is 13.2. The van der Waals surface area contributed by atoms with Crippen molar-refractivity contribution in [2.45, 2.75) is 177 Å². The van der Waals surface area contributed by atoms with Gasteiger partial charge in [-0.2, -0.15) is 0 Å². The lowest BCUT2D eigenvalue weighted by Crippen LogP contribution is -2.58. The van der Waals surface area contributed by atoms with Gasteiger partial charge in [0.25, 0.3) is 0 Å². The van der Waals surface area contributed by atoms with Crippen LogP contribution in [0.5, 0.6) is 0 Å². The largest absolute Gasteiger partial charge is 0.375 e. The van der Waals surface area contributed by atoms with Crippen LogP contribution in [0.15, 0.2) is 48.5 Å². The number of nitrogens with zero attached hydrogens (tertiary/aromatic N) is 2. The number of likely N-dealkylation sites (N-methyl/N-ethyl adjacent to an activating group) is 2. The minimum atomic E-state index is -0.708. The van der Waals surface area contributed by atoms with Gasteiger partial charge in [0, 0.05) is 26.1 Å². The number of fused-ring (bicyclic) bond motifs is 4. The quantitative estimate of drug-likeness (QED) is 0.108. The molecule has 6 N–H and O–H groups in total. The van der Waals surface area contributed by atoms with Crippen LogP contribution in [0.3, 0.4) is 0 Å². The van der Waals surface area contributed by atoms with Crippen molar-refractivity contribution in [1.29, 1.82) is 0 Å². The Labute approximate surface area is 434 Å². The standard InChI is InChI=1S/C54H78N8O8S2/c1-31(55-7)47(63)57-37-21-25-71-41-29-53(3,4)45(61(41)51(37)67)49(65)59-43-35-19-13-11-17-33(35)27-39(43)69-23-15-9-10-16-24-70-40-28-34-18-12-14-20-36(34)44(40)60-50(66)46-54(5,6)30-42-62(46)52(68)38(22-26-72-42)58-48(64)32(2)56-8/h11-14,17-20,31-32,37-46,55-56H,9-10,15-16,21-30H2,1-8H3,(H,57,63)(H,58,64)(H,59,65)(H,60,66)/t31?,32?,37-,38-,39+,40+,41-,42-,43-,44-,45+,46+/m0/s1. The van der Waals surface area contributed by atoms with E-state index in [1.807, 2.05) is 24.3 Å². The number of thioether (sulfide) groups is 2. The molecule has 6 aliphatic rings. The van der Waals surface area contributed by atoms with Crippen LogP contribution in [0.4, 0.5) is 0 Å². The molecule has 4 aliphatic heterocycles. The Kier molecular flexibility index (Phi) is 17.4. The molecule has 0 spiro atoms. The molecule has 6 amide bonds. The summed E-state index contributed by atoms with van der Waals surface area (Å²) in [6, 6.07) is 11.8. The minimum absolute atomic E-state index is 0.157. The highest BCUT2D eigenvalue weighted by Crippen LogP contribution is 2.48. The molecule has 0 radical (unpaired) electrons. The zero-order chi connectivity index (χ0) is 51.5. The molecule has 12 atom stereocenters. The van der Waals surface area contributed by atoms with E-state index in [1.165, 1.54) is 0 Å². The van der Waals surface area contributed by atoms with E-state index < -0.39 is 47.1 Å². The van der Waals surface area contributed by atoms with E-state index in [9.17, 15) is 28.8 Å². The Morgan fingerprint density at radius 1 is 0.611 bits per heavy atom. The van der Waals surface area contributed by atoms with Crippen molar-refractivity contribution in [3.63, 3.8) is 0 Å². The van der Waals surface area contributed by atoms with Gasteiger partial charge in [-0.1, -0.05) is 89.1 Å². The molecular weight excluding hydrogens is 953 g/mol. The van der Waals surface area contributed by atoms with E-state index in [1.54, 1.807) is 61.3 Å². The normalized spacial score (nSPS) is 30.0. The van der Waals surface area contributed by atoms with Crippen molar-refractivity contribution in [2.24, 2.45) is 10.8 Å². The lowest BCUT2D eigenvalue weighted by molar-refractivity contribution is -0.144. The van der Waals surface area contributed by atoms with Crippen LogP contribution in [-0.4, -0.2) is 143 Å². The first-order valence-electron chi connectivity index (χ1n) is 26.3. The molecule has 2 unspecified atom stereocenters. The van der Waals surface area contributed by atoms with Crippen molar-refractivity contribution in [2.75, 3.05) is 38.8 Å². The summed E-state index contributed by atoms with van der Waals surface area (Å²) in [4.78, 5) is 86.8. The van der Waals surface area contributed by atoms with Crippen molar-refractivity contribution < 1.29 is 38.2 Å². The van der Waals surface area contributed by atoms with E-state index in [4.69, 9.17) is 9.47 Å². The molecule has 4 heterocycles. The van der Waals surface area contributed by atoms with Gasteiger partial charge in [0.05, 0.1) is 47.1 Å². The smallest absolute Gasteiger partial charge is 0.246 e. The Morgan fingerprint density at radius 2 is 1.00 bits per heavy atom. The maximum atomic E-state index is 14.6. The number of carbonyl (C=O) groups excluding carboxylic acids is 6. The fourth-order valence-electron chi connectivity index (χ4n) is 11.8. The van der Waals surface area contributed by atoms with Crippen LogP contribution in [0.1, 0.15) is 127 Å². The average Bonchev–Trinajstić information content (AvgIpc) is 3.99. The van der Waals surface area contributed by atoms with Crippen molar-refractivity contribution in [3.8, 4) is 0 Å². The molecule has 2 aromatic carbocycles. The summed E-state index contributed by atoms with van der Waals surface area (Å²) in [5.74, 6) is 0.117. The summed E-state index contributed by atoms with van der Waals surface area (Å²) in [5, 5.41) is 18.2. The summed E-state index contributed by atoms with van der Waals surface area (Å²) >= 11 is 3.37. The van der Waals surface area contributed by atoms with Gasteiger partial charge in [-0.15, -0.1) is 23.5 Å². The lowest BCUT2D eigenvalue weighted by Gasteiger charge is -2.35. The average molecular weight is 1030 g/mol. The molecule has 2 aliphatic carbocycles. The number of amides is 6. The Bertz CT molecular complexity index is 2160. The first-order chi connectivity index (χ1) is 34.4. The van der Waals surface area contributed by atoms with Gasteiger partial charge in [-0.3, -0.25) is 28.8 Å². The number of unbranched alkanes of at least 4 members (excludes halogenated alkanes) is 3. The van der Waals surface area contributed by atoms with Crippen LogP contribution in [-0.2, 0) is 51.1 Å². The Balaban J connectivity index is 0.836. The fraction of sp³-hybridized carbons (Fsp3) is 0.667. The molecule has 0 saturated carbocycles. The summed E-state index contributed by atoms with van der Waals surface area (Å²) in [6.45, 7) is 12.8. The SMILES string of the molecule is CNC(C)C(=O)N[C@H]1CCS[C@H]2CC(C)(C)[C@@H](C(=O)N[C@H]3c4ccccc4C[C@H]3OCCCCCCO[C@@H]3Cc4ccccc4[C@@H]3NC(=O)[C@H]3N4C(=O)[C@@H](NC(=O)C(C)NC)CCS[C@H]4CC3(C)C)N2C1=O. The first-order valence-corrected chi connectivity index (χ1v) is 28.4. The van der Waals surface area contributed by atoms with Crippen LogP contribution in [0.2, 0.25) is 0 Å². The molecule has 0 bridgehead atoms. The van der Waals surface area contributed by atoms with E-state index in [-0.39, 0.29) is 70.5 Å². The number of ether oxygens (including phenoxy) is 2. The predicted octanol–water partition coefficient (Wildman–Crippen LogP) is 4.51. The number of carbonyl (C=O) groups is 6. The highest BCUT2D eigenvalue weighted by atomic mass is 32.2. The summed E-state index contributed by atoms with van der Waals surface area (Å²) in [7, 11) is 3.42. The van der Waals surface area contributed by atoms with E-state index in [0.717, 1.165) is 47.9 Å². The maximum absolute atomic E-state index is 14.6. The van der Waals surface area contributed by atoms with Gasteiger partial charge in [0.2, 0.25) is 35.4 Å². The zero-order valence-electron chi connectivity index (χ0n) is 43.4. The topological polar surface area (TPSA) is 200 Å². The van der Waals surface area contributed by atoms with E-state index >= 15 is 0 Å². The molecule has 8 rings (SSSR count). The second kappa shape index (κ2) is 23.1. The van der Waals surface area contributed by atoms with Gasteiger partial charge in [-0.05, 0) is 111 Å². The fourth-order valence-corrected chi connectivity index (χ4v) is 15.0. The number of hydrogen-bond donors (Lipinski definition) is 6. The van der Waals surface area contributed by atoms with Crippen LogP contribution >= 0.6 is 23.5 Å². The molecule has 394 valence electrons. The number of hydrogen-bond acceptors (Lipinski definition) is 12. The minimum Gasteiger partial charge on any atom is -0.375 e. The summed E-state index contributed by atoms with van der Waals surface area (Å²) in [6.07, 6.45) is 6.71. The lowest BCUT2D eigenvalue weighted by atomic mass is 9.83. The van der Waals surface area contributed by atoms with Crippen molar-refractivity contribution in [3.05, 3.63) is 70.8 Å². The molecule has 18 heteroatoms. The second-order valence-electron chi connectivity index (χ2n) is 22.1. The molecule has 72 heavy (non-hydrogen) atoms. The van der Waals surface area contributed by atoms with Gasteiger partial charge < -0.3 is 51.2 Å².